The van der Waals surface area contributed by atoms with Gasteiger partial charge in [-0.05, 0) is 25.1 Å². The number of nitrogens with one attached hydrogen (secondary N) is 1. The number of oxazole rings is 1. The Labute approximate surface area is 120 Å². The molecule has 0 atom stereocenters. The topological polar surface area (TPSA) is 75.4 Å². The summed E-state index contributed by atoms with van der Waals surface area (Å²) in [6, 6.07) is 3.94. The Hall–Kier alpha value is -2.65. The maximum atomic E-state index is 13.7. The van der Waals surface area contributed by atoms with Crippen LogP contribution >= 0.6 is 0 Å². The molecule has 1 amide bonds. The van der Waals surface area contributed by atoms with E-state index in [9.17, 15) is 9.18 Å². The molecule has 0 bridgehead atoms. The van der Waals surface area contributed by atoms with Crippen molar-refractivity contribution >= 4 is 5.91 Å². The predicted octanol–water partition coefficient (Wildman–Crippen LogP) is 1.40. The van der Waals surface area contributed by atoms with Gasteiger partial charge in [0.1, 0.15) is 18.2 Å². The zero-order chi connectivity index (χ0) is 15.2. The number of halogens is 1. The van der Waals surface area contributed by atoms with E-state index < -0.39 is 11.7 Å². The van der Waals surface area contributed by atoms with Gasteiger partial charge in [0, 0.05) is 5.56 Å². The molecule has 1 aromatic heterocycles. The molecule has 0 saturated heterocycles. The molecule has 1 heterocycles. The molecule has 0 fully saturated rings. The van der Waals surface area contributed by atoms with Crippen LogP contribution in [0.1, 0.15) is 27.6 Å². The van der Waals surface area contributed by atoms with Crippen LogP contribution in [0.5, 0.6) is 0 Å². The number of aliphatic hydroxyl groups is 1. The molecular formula is C15H13FN2O3. The number of amides is 1. The van der Waals surface area contributed by atoms with Gasteiger partial charge in [-0.1, -0.05) is 11.8 Å². The first-order chi connectivity index (χ1) is 10.1. The molecule has 6 heteroatoms. The Morgan fingerprint density at radius 3 is 2.95 bits per heavy atom. The number of carbonyl (C=O) groups excluding carboxylic acids is 1. The highest BCUT2D eigenvalue weighted by molar-refractivity contribution is 5.94. The summed E-state index contributed by atoms with van der Waals surface area (Å²) in [6.45, 7) is 1.53. The van der Waals surface area contributed by atoms with Crippen molar-refractivity contribution in [3.63, 3.8) is 0 Å². The third-order valence-electron chi connectivity index (χ3n) is 2.60. The van der Waals surface area contributed by atoms with Gasteiger partial charge in [0.25, 0.3) is 5.91 Å². The van der Waals surface area contributed by atoms with Crippen LogP contribution in [-0.2, 0) is 6.54 Å². The Balaban J connectivity index is 2.04. The van der Waals surface area contributed by atoms with Crippen molar-refractivity contribution in [1.82, 2.24) is 10.3 Å². The highest BCUT2D eigenvalue weighted by atomic mass is 19.1. The van der Waals surface area contributed by atoms with Crippen molar-refractivity contribution < 1.29 is 18.7 Å². The molecule has 2 N–H and O–H groups in total. The third-order valence-corrected chi connectivity index (χ3v) is 2.60. The van der Waals surface area contributed by atoms with Crippen molar-refractivity contribution in [2.24, 2.45) is 0 Å². The van der Waals surface area contributed by atoms with E-state index in [-0.39, 0.29) is 24.3 Å². The highest BCUT2D eigenvalue weighted by Gasteiger charge is 2.10. The molecule has 1 aromatic carbocycles. The van der Waals surface area contributed by atoms with Crippen molar-refractivity contribution in [3.8, 4) is 11.8 Å². The summed E-state index contributed by atoms with van der Waals surface area (Å²) < 4.78 is 18.9. The Kier molecular flexibility index (Phi) is 4.69. The van der Waals surface area contributed by atoms with E-state index in [2.05, 4.69) is 22.1 Å². The maximum Gasteiger partial charge on any atom is 0.251 e. The van der Waals surface area contributed by atoms with Crippen LogP contribution < -0.4 is 5.32 Å². The highest BCUT2D eigenvalue weighted by Crippen LogP contribution is 2.10. The normalized spacial score (nSPS) is 9.86. The summed E-state index contributed by atoms with van der Waals surface area (Å²) in [6.07, 6.45) is 1.55. The molecule has 0 aliphatic rings. The molecule has 0 spiro atoms. The Morgan fingerprint density at radius 2 is 2.33 bits per heavy atom. The largest absolute Gasteiger partial charge is 0.444 e. The second kappa shape index (κ2) is 6.68. The van der Waals surface area contributed by atoms with E-state index in [1.54, 1.807) is 13.1 Å². The number of benzene rings is 1. The van der Waals surface area contributed by atoms with Crippen LogP contribution in [0, 0.1) is 24.6 Å². The predicted molar refractivity (Wildman–Crippen MR) is 72.8 cm³/mol. The van der Waals surface area contributed by atoms with Crippen LogP contribution in [-0.4, -0.2) is 22.6 Å². The number of hydrogen-bond donors (Lipinski definition) is 2. The van der Waals surface area contributed by atoms with Crippen LogP contribution in [0.15, 0.2) is 28.8 Å². The lowest BCUT2D eigenvalue weighted by Crippen LogP contribution is -2.23. The van der Waals surface area contributed by atoms with E-state index >= 15 is 0 Å². The smallest absolute Gasteiger partial charge is 0.251 e. The lowest BCUT2D eigenvalue weighted by atomic mass is 10.1. The molecule has 0 aliphatic heterocycles. The van der Waals surface area contributed by atoms with Crippen LogP contribution in [0.25, 0.3) is 0 Å². The molecule has 0 saturated carbocycles. The number of nitrogens with zero attached hydrogens (tertiary/aromatic N) is 1. The first-order valence-electron chi connectivity index (χ1n) is 6.19. The van der Waals surface area contributed by atoms with Gasteiger partial charge < -0.3 is 14.8 Å². The van der Waals surface area contributed by atoms with Crippen molar-refractivity contribution in [1.29, 1.82) is 0 Å². The van der Waals surface area contributed by atoms with Crippen LogP contribution in [0.2, 0.25) is 0 Å². The summed E-state index contributed by atoms with van der Waals surface area (Å²) in [5, 5.41) is 11.1. The number of rotatable bonds is 3. The number of aryl methyl sites for hydroxylation is 1. The van der Waals surface area contributed by atoms with Gasteiger partial charge in [0.2, 0.25) is 5.89 Å². The van der Waals surface area contributed by atoms with Gasteiger partial charge in [0.15, 0.2) is 0 Å². The van der Waals surface area contributed by atoms with E-state index in [4.69, 9.17) is 9.52 Å². The molecule has 0 radical (unpaired) electrons. The summed E-state index contributed by atoms with van der Waals surface area (Å²) in [7, 11) is 0. The summed E-state index contributed by atoms with van der Waals surface area (Å²) >= 11 is 0. The molecule has 21 heavy (non-hydrogen) atoms. The summed E-state index contributed by atoms with van der Waals surface area (Å²) in [5.74, 6) is 4.78. The average Bonchev–Trinajstić information content (AvgIpc) is 2.89. The van der Waals surface area contributed by atoms with Gasteiger partial charge in [-0.25, -0.2) is 9.37 Å². The van der Waals surface area contributed by atoms with Gasteiger partial charge in [0.05, 0.1) is 18.3 Å². The summed E-state index contributed by atoms with van der Waals surface area (Å²) in [5.41, 5.74) is 0.300. The first kappa shape index (κ1) is 14.8. The first-order valence-corrected chi connectivity index (χ1v) is 6.19. The maximum absolute atomic E-state index is 13.7. The average molecular weight is 288 g/mol. The van der Waals surface area contributed by atoms with Crippen LogP contribution in [0.3, 0.4) is 0 Å². The van der Waals surface area contributed by atoms with E-state index in [0.29, 0.717) is 11.7 Å². The molecule has 0 aliphatic carbocycles. The zero-order valence-electron chi connectivity index (χ0n) is 11.3. The number of aliphatic hydroxyl groups excluding tert-OH is 1. The van der Waals surface area contributed by atoms with Gasteiger partial charge in [-0.2, -0.15) is 0 Å². The van der Waals surface area contributed by atoms with E-state index in [1.807, 2.05) is 0 Å². The molecule has 2 rings (SSSR count). The Morgan fingerprint density at radius 1 is 1.52 bits per heavy atom. The quantitative estimate of drug-likeness (QED) is 0.837. The number of carbonyl (C=O) groups is 1. The van der Waals surface area contributed by atoms with E-state index in [0.717, 1.165) is 6.07 Å². The fourth-order valence-electron chi connectivity index (χ4n) is 1.63. The fourth-order valence-corrected chi connectivity index (χ4v) is 1.63. The minimum absolute atomic E-state index is 0.125. The SMILES string of the molecule is Cc1cnc(CNC(=O)c2ccc(C#CCO)c(F)c2)o1. The molecular weight excluding hydrogens is 275 g/mol. The molecule has 2 aromatic rings. The van der Waals surface area contributed by atoms with Crippen LogP contribution in [0.4, 0.5) is 4.39 Å². The summed E-state index contributed by atoms with van der Waals surface area (Å²) in [4.78, 5) is 15.8. The second-order valence-corrected chi connectivity index (χ2v) is 4.20. The minimum atomic E-state index is -0.615. The molecule has 108 valence electrons. The monoisotopic (exact) mass is 288 g/mol. The zero-order valence-corrected chi connectivity index (χ0v) is 11.3. The minimum Gasteiger partial charge on any atom is -0.444 e. The van der Waals surface area contributed by atoms with Gasteiger partial charge in [-0.15, -0.1) is 0 Å². The third kappa shape index (κ3) is 3.91. The van der Waals surface area contributed by atoms with Crippen molar-refractivity contribution in [2.45, 2.75) is 13.5 Å². The van der Waals surface area contributed by atoms with Crippen molar-refractivity contribution in [3.05, 3.63) is 53.0 Å². The fraction of sp³-hybridized carbons (Fsp3) is 0.200. The second-order valence-electron chi connectivity index (χ2n) is 4.20. The molecule has 0 unspecified atom stereocenters. The molecule has 5 nitrogen and oxygen atoms in total. The standard InChI is InChI=1S/C15H13FN2O3/c1-10-8-17-14(21-10)9-18-15(20)12-5-4-11(3-2-6-19)13(16)7-12/h4-5,7-8,19H,6,9H2,1H3,(H,18,20). The number of aromatic nitrogens is 1. The Bertz CT molecular complexity index is 713. The number of hydrogen-bond acceptors (Lipinski definition) is 4. The lowest BCUT2D eigenvalue weighted by Gasteiger charge is -2.04. The lowest BCUT2D eigenvalue weighted by molar-refractivity contribution is 0.0946. The van der Waals surface area contributed by atoms with Gasteiger partial charge >= 0.3 is 0 Å². The van der Waals surface area contributed by atoms with Crippen molar-refractivity contribution in [2.75, 3.05) is 6.61 Å². The van der Waals surface area contributed by atoms with Gasteiger partial charge in [-0.3, -0.25) is 4.79 Å². The van der Waals surface area contributed by atoms with E-state index in [1.165, 1.54) is 12.1 Å².